The number of carbonyl (C=O) groups is 1. The van der Waals surface area contributed by atoms with Gasteiger partial charge in [-0.15, -0.1) is 0 Å². The molecule has 6 nitrogen and oxygen atoms in total. The standard InChI is InChI=1S/C38H71NO5S/c1-3-5-7-9-11-13-14-15-16-17-18-19-20-21-22-23-24-26-28-30-32-34-38(41)39-36(35-45(42,43)44)37(40)33-31-29-27-25-12-10-8-6-4-2/h12,17-18,25,31,33,36-37,40H,3-11,13-16,19-24,26-30,32,34-35H2,1-2H3,(H,39,41)(H,42,43,44)/b18-17-,25-12+,33-31+. The van der Waals surface area contributed by atoms with Crippen molar-refractivity contribution in [2.24, 2.45) is 0 Å². The zero-order valence-electron chi connectivity index (χ0n) is 29.2. The van der Waals surface area contributed by atoms with E-state index in [1.54, 1.807) is 6.08 Å². The summed E-state index contributed by atoms with van der Waals surface area (Å²) in [5.74, 6) is -1.00. The molecule has 1 amide bonds. The number of carbonyl (C=O) groups excluding carboxylic acids is 1. The molecular weight excluding hydrogens is 582 g/mol. The molecule has 0 fully saturated rings. The number of unbranched alkanes of at least 4 members (excludes halogenated alkanes) is 21. The van der Waals surface area contributed by atoms with Gasteiger partial charge in [0.05, 0.1) is 17.9 Å². The Kier molecular flexibility index (Phi) is 31.5. The van der Waals surface area contributed by atoms with Crippen LogP contribution in [0.4, 0.5) is 0 Å². The van der Waals surface area contributed by atoms with Crippen molar-refractivity contribution in [3.8, 4) is 0 Å². The summed E-state index contributed by atoms with van der Waals surface area (Å²) < 4.78 is 32.2. The molecule has 0 aliphatic heterocycles. The van der Waals surface area contributed by atoms with Crippen molar-refractivity contribution in [1.29, 1.82) is 0 Å². The normalized spacial score (nSPS) is 13.8. The van der Waals surface area contributed by atoms with Gasteiger partial charge in [0.2, 0.25) is 5.91 Å². The van der Waals surface area contributed by atoms with E-state index in [0.717, 1.165) is 32.1 Å². The first-order chi connectivity index (χ1) is 21.8. The molecule has 264 valence electrons. The lowest BCUT2D eigenvalue weighted by Gasteiger charge is -2.21. The number of allylic oxidation sites excluding steroid dienone is 5. The molecule has 3 N–H and O–H groups in total. The van der Waals surface area contributed by atoms with E-state index >= 15 is 0 Å². The first-order valence-corrected chi connectivity index (χ1v) is 20.3. The summed E-state index contributed by atoms with van der Waals surface area (Å²) in [5, 5.41) is 13.1. The van der Waals surface area contributed by atoms with Crippen molar-refractivity contribution >= 4 is 16.0 Å². The molecule has 0 saturated heterocycles. The van der Waals surface area contributed by atoms with Crippen LogP contribution in [-0.2, 0) is 14.9 Å². The fourth-order valence-electron chi connectivity index (χ4n) is 5.46. The lowest BCUT2D eigenvalue weighted by Crippen LogP contribution is -2.46. The maximum atomic E-state index is 12.4. The number of hydrogen-bond donors (Lipinski definition) is 3. The van der Waals surface area contributed by atoms with Crippen LogP contribution in [0.2, 0.25) is 0 Å². The van der Waals surface area contributed by atoms with E-state index in [2.05, 4.69) is 43.5 Å². The van der Waals surface area contributed by atoms with E-state index in [4.69, 9.17) is 0 Å². The predicted octanol–water partition coefficient (Wildman–Crippen LogP) is 10.6. The lowest BCUT2D eigenvalue weighted by molar-refractivity contribution is -0.122. The molecule has 0 spiro atoms. The van der Waals surface area contributed by atoms with Crippen LogP contribution in [-0.4, -0.2) is 41.9 Å². The third kappa shape index (κ3) is 33.7. The summed E-state index contributed by atoms with van der Waals surface area (Å²) >= 11 is 0. The van der Waals surface area contributed by atoms with Crippen LogP contribution >= 0.6 is 0 Å². The van der Waals surface area contributed by atoms with Crippen molar-refractivity contribution in [1.82, 2.24) is 5.32 Å². The molecule has 0 aromatic heterocycles. The number of nitrogens with one attached hydrogen (secondary N) is 1. The minimum absolute atomic E-state index is 0.286. The highest BCUT2D eigenvalue weighted by Crippen LogP contribution is 2.13. The van der Waals surface area contributed by atoms with E-state index in [0.29, 0.717) is 6.42 Å². The first kappa shape index (κ1) is 43.6. The first-order valence-electron chi connectivity index (χ1n) is 18.7. The topological polar surface area (TPSA) is 104 Å². The number of aliphatic hydroxyl groups excluding tert-OH is 1. The van der Waals surface area contributed by atoms with Crippen molar-refractivity contribution in [3.63, 3.8) is 0 Å². The summed E-state index contributed by atoms with van der Waals surface area (Å²) in [6, 6.07) is -1.07. The molecular formula is C38H71NO5S. The molecule has 0 aliphatic carbocycles. The Labute approximate surface area is 278 Å². The van der Waals surface area contributed by atoms with E-state index in [1.807, 2.05) is 0 Å². The van der Waals surface area contributed by atoms with Gasteiger partial charge in [-0.25, -0.2) is 0 Å². The fraction of sp³-hybridized carbons (Fsp3) is 0.816. The van der Waals surface area contributed by atoms with Gasteiger partial charge in [-0.05, 0) is 57.8 Å². The van der Waals surface area contributed by atoms with Crippen LogP contribution in [0.1, 0.15) is 181 Å². The maximum absolute atomic E-state index is 12.4. The highest BCUT2D eigenvalue weighted by atomic mass is 32.2. The Morgan fingerprint density at radius 2 is 0.956 bits per heavy atom. The molecule has 0 radical (unpaired) electrons. The summed E-state index contributed by atoms with van der Waals surface area (Å²) in [4.78, 5) is 12.4. The van der Waals surface area contributed by atoms with Gasteiger partial charge in [0, 0.05) is 6.42 Å². The third-order valence-electron chi connectivity index (χ3n) is 8.29. The van der Waals surface area contributed by atoms with Crippen LogP contribution in [0, 0.1) is 0 Å². The van der Waals surface area contributed by atoms with Crippen LogP contribution in [0.25, 0.3) is 0 Å². The third-order valence-corrected chi connectivity index (χ3v) is 9.07. The van der Waals surface area contributed by atoms with Gasteiger partial charge in [-0.1, -0.05) is 153 Å². The highest BCUT2D eigenvalue weighted by molar-refractivity contribution is 7.85. The second-order valence-corrected chi connectivity index (χ2v) is 14.3. The molecule has 2 atom stereocenters. The van der Waals surface area contributed by atoms with Crippen LogP contribution in [0.15, 0.2) is 36.5 Å². The second-order valence-electron chi connectivity index (χ2n) is 12.8. The van der Waals surface area contributed by atoms with Gasteiger partial charge in [-0.3, -0.25) is 9.35 Å². The molecule has 0 bridgehead atoms. The average molecular weight is 654 g/mol. The summed E-state index contributed by atoms with van der Waals surface area (Å²) in [6.07, 6.45) is 41.5. The van der Waals surface area contributed by atoms with Gasteiger partial charge in [0.25, 0.3) is 10.1 Å². The Bertz CT molecular complexity index is 852. The minimum Gasteiger partial charge on any atom is -0.387 e. The van der Waals surface area contributed by atoms with Gasteiger partial charge >= 0.3 is 0 Å². The molecule has 0 aromatic carbocycles. The molecule has 0 saturated carbocycles. The van der Waals surface area contributed by atoms with Gasteiger partial charge in [0.15, 0.2) is 0 Å². The average Bonchev–Trinajstić information content (AvgIpc) is 3.00. The highest BCUT2D eigenvalue weighted by Gasteiger charge is 2.24. The van der Waals surface area contributed by atoms with Crippen LogP contribution in [0.3, 0.4) is 0 Å². The molecule has 0 heterocycles. The molecule has 45 heavy (non-hydrogen) atoms. The smallest absolute Gasteiger partial charge is 0.267 e. The Balaban J connectivity index is 3.87. The van der Waals surface area contributed by atoms with Crippen LogP contribution in [0.5, 0.6) is 0 Å². The van der Waals surface area contributed by atoms with E-state index < -0.39 is 28.0 Å². The van der Waals surface area contributed by atoms with E-state index in [9.17, 15) is 22.9 Å². The SMILES string of the molecule is CCCCC/C=C/CC/C=C/C(O)C(CS(=O)(=O)O)NC(=O)CCCCCCCCCCC/C=C\CCCCCCCCCC. The molecule has 2 unspecified atom stereocenters. The molecule has 0 rings (SSSR count). The Morgan fingerprint density at radius 3 is 1.44 bits per heavy atom. The Morgan fingerprint density at radius 1 is 0.578 bits per heavy atom. The summed E-state index contributed by atoms with van der Waals surface area (Å²) in [5.41, 5.74) is 0. The number of rotatable bonds is 33. The fourth-order valence-corrected chi connectivity index (χ4v) is 6.19. The van der Waals surface area contributed by atoms with Crippen LogP contribution < -0.4 is 5.32 Å². The Hall–Kier alpha value is -1.44. The number of amides is 1. The monoisotopic (exact) mass is 654 g/mol. The molecule has 0 aromatic rings. The van der Waals surface area contributed by atoms with Crippen molar-refractivity contribution in [2.75, 3.05) is 5.75 Å². The maximum Gasteiger partial charge on any atom is 0.267 e. The van der Waals surface area contributed by atoms with E-state index in [1.165, 1.54) is 128 Å². The molecule has 7 heteroatoms. The number of hydrogen-bond acceptors (Lipinski definition) is 4. The zero-order valence-corrected chi connectivity index (χ0v) is 30.1. The predicted molar refractivity (Wildman–Crippen MR) is 193 cm³/mol. The second kappa shape index (κ2) is 32.5. The quantitative estimate of drug-likeness (QED) is 0.0371. The number of aliphatic hydroxyl groups is 1. The summed E-state index contributed by atoms with van der Waals surface area (Å²) in [7, 11) is -4.34. The van der Waals surface area contributed by atoms with Gasteiger partial charge < -0.3 is 10.4 Å². The van der Waals surface area contributed by atoms with Crippen molar-refractivity contribution in [2.45, 2.75) is 193 Å². The largest absolute Gasteiger partial charge is 0.387 e. The summed E-state index contributed by atoms with van der Waals surface area (Å²) in [6.45, 7) is 4.45. The molecule has 0 aliphatic rings. The van der Waals surface area contributed by atoms with E-state index in [-0.39, 0.29) is 12.3 Å². The van der Waals surface area contributed by atoms with Gasteiger partial charge in [-0.2, -0.15) is 8.42 Å². The van der Waals surface area contributed by atoms with Gasteiger partial charge in [0.1, 0.15) is 0 Å². The minimum atomic E-state index is -4.34. The van der Waals surface area contributed by atoms with Crippen molar-refractivity contribution in [3.05, 3.63) is 36.5 Å². The lowest BCUT2D eigenvalue weighted by atomic mass is 10.0. The van der Waals surface area contributed by atoms with Crippen molar-refractivity contribution < 1.29 is 22.9 Å². The zero-order chi connectivity index (χ0) is 33.3.